The average molecular weight is 352 g/mol. The molecule has 0 fully saturated rings. The van der Waals surface area contributed by atoms with Crippen molar-refractivity contribution >= 4 is 40.2 Å². The van der Waals surface area contributed by atoms with Crippen LogP contribution in [0.5, 0.6) is 0 Å². The average Bonchev–Trinajstić information content (AvgIpc) is 2.60. The summed E-state index contributed by atoms with van der Waals surface area (Å²) in [6.45, 7) is 1.83. The van der Waals surface area contributed by atoms with Crippen molar-refractivity contribution in [3.63, 3.8) is 0 Å². The molecule has 0 aliphatic rings. The summed E-state index contributed by atoms with van der Waals surface area (Å²) in [5, 5.41) is 4.49. The number of nitrogens with one attached hydrogen (secondary N) is 1. The number of hydrogen-bond acceptors (Lipinski definition) is 5. The van der Waals surface area contributed by atoms with Gasteiger partial charge in [0.15, 0.2) is 0 Å². The number of nitrogens with zero attached hydrogens (tertiary/aromatic N) is 2. The highest BCUT2D eigenvalue weighted by molar-refractivity contribution is 8.00. The molecule has 0 spiro atoms. The van der Waals surface area contributed by atoms with Gasteiger partial charge in [-0.15, -0.1) is 0 Å². The second-order valence-electron chi connectivity index (χ2n) is 5.37. The van der Waals surface area contributed by atoms with Crippen molar-refractivity contribution in [3.8, 4) is 0 Å². The molecule has 1 heterocycles. The monoisotopic (exact) mass is 352 g/mol. The van der Waals surface area contributed by atoms with Crippen LogP contribution in [0.25, 0.3) is 10.9 Å². The van der Waals surface area contributed by atoms with Crippen molar-refractivity contribution in [3.05, 3.63) is 59.9 Å². The molecule has 126 valence electrons. The largest absolute Gasteiger partial charge is 0.366 e. The summed E-state index contributed by atoms with van der Waals surface area (Å²) in [4.78, 5) is 32.0. The second kappa shape index (κ2) is 7.31. The number of rotatable bonds is 5. The molecule has 1 aromatic heterocycles. The molecule has 7 heteroatoms. The third-order valence-electron chi connectivity index (χ3n) is 3.47. The fraction of sp³-hybridized carbons (Fsp3) is 0.111. The van der Waals surface area contributed by atoms with Gasteiger partial charge in [-0.2, -0.15) is 0 Å². The maximum Gasteiger partial charge on any atom is 0.248 e. The Morgan fingerprint density at radius 3 is 2.52 bits per heavy atom. The molecule has 3 rings (SSSR count). The minimum Gasteiger partial charge on any atom is -0.366 e. The number of aryl methyl sites for hydroxylation is 1. The van der Waals surface area contributed by atoms with Crippen LogP contribution in [0.3, 0.4) is 0 Å². The van der Waals surface area contributed by atoms with Crippen molar-refractivity contribution in [2.24, 2.45) is 5.73 Å². The summed E-state index contributed by atoms with van der Waals surface area (Å²) in [6, 6.07) is 14.2. The van der Waals surface area contributed by atoms with Crippen molar-refractivity contribution < 1.29 is 9.59 Å². The van der Waals surface area contributed by atoms with E-state index in [0.717, 1.165) is 15.9 Å². The lowest BCUT2D eigenvalue weighted by atomic mass is 10.2. The Morgan fingerprint density at radius 2 is 1.80 bits per heavy atom. The van der Waals surface area contributed by atoms with E-state index in [1.54, 1.807) is 24.3 Å². The Kier molecular flexibility index (Phi) is 4.95. The highest BCUT2D eigenvalue weighted by atomic mass is 32.2. The first-order valence-corrected chi connectivity index (χ1v) is 8.57. The molecule has 0 saturated carbocycles. The van der Waals surface area contributed by atoms with Crippen LogP contribution in [0.2, 0.25) is 0 Å². The molecule has 2 aromatic carbocycles. The fourth-order valence-corrected chi connectivity index (χ4v) is 3.18. The maximum atomic E-state index is 12.2. The van der Waals surface area contributed by atoms with E-state index in [-0.39, 0.29) is 11.7 Å². The van der Waals surface area contributed by atoms with Crippen LogP contribution < -0.4 is 11.1 Å². The molecule has 25 heavy (non-hydrogen) atoms. The normalized spacial score (nSPS) is 10.6. The quantitative estimate of drug-likeness (QED) is 0.543. The molecule has 3 aromatic rings. The van der Waals surface area contributed by atoms with Gasteiger partial charge < -0.3 is 11.1 Å². The van der Waals surface area contributed by atoms with Gasteiger partial charge in [-0.25, -0.2) is 9.97 Å². The van der Waals surface area contributed by atoms with E-state index in [1.165, 1.54) is 11.8 Å². The van der Waals surface area contributed by atoms with Gasteiger partial charge in [-0.05, 0) is 37.3 Å². The van der Waals surface area contributed by atoms with Crippen LogP contribution in [0, 0.1) is 6.92 Å². The third kappa shape index (κ3) is 4.13. The minimum atomic E-state index is -0.501. The van der Waals surface area contributed by atoms with Crippen LogP contribution in [0.1, 0.15) is 16.2 Å². The number of anilines is 1. The van der Waals surface area contributed by atoms with Crippen molar-refractivity contribution in [2.75, 3.05) is 11.1 Å². The number of benzene rings is 2. The van der Waals surface area contributed by atoms with E-state index in [0.29, 0.717) is 17.1 Å². The third-order valence-corrected chi connectivity index (χ3v) is 4.46. The van der Waals surface area contributed by atoms with Gasteiger partial charge in [-0.3, -0.25) is 9.59 Å². The van der Waals surface area contributed by atoms with E-state index >= 15 is 0 Å². The van der Waals surface area contributed by atoms with Crippen molar-refractivity contribution in [2.45, 2.75) is 11.9 Å². The summed E-state index contributed by atoms with van der Waals surface area (Å²) >= 11 is 1.36. The molecule has 0 radical (unpaired) electrons. The Hall–Kier alpha value is -2.93. The van der Waals surface area contributed by atoms with Crippen molar-refractivity contribution in [1.82, 2.24) is 9.97 Å². The molecule has 2 amide bonds. The first kappa shape index (κ1) is 16.9. The lowest BCUT2D eigenvalue weighted by molar-refractivity contribution is -0.113. The SMILES string of the molecule is Cc1nc(SCC(=O)Nc2ccc(C(N)=O)cc2)c2ccccc2n1. The molecule has 0 atom stereocenters. The Labute approximate surface area is 148 Å². The number of amides is 2. The Bertz CT molecular complexity index is 941. The van der Waals surface area contributed by atoms with Gasteiger partial charge in [0, 0.05) is 16.6 Å². The zero-order chi connectivity index (χ0) is 17.8. The number of para-hydroxylation sites is 1. The van der Waals surface area contributed by atoms with E-state index < -0.39 is 5.91 Å². The number of aromatic nitrogens is 2. The van der Waals surface area contributed by atoms with Gasteiger partial charge in [0.2, 0.25) is 11.8 Å². The molecule has 0 aliphatic heterocycles. The fourth-order valence-electron chi connectivity index (χ4n) is 2.32. The highest BCUT2D eigenvalue weighted by Gasteiger charge is 2.10. The number of carbonyl (C=O) groups is 2. The maximum absolute atomic E-state index is 12.2. The highest BCUT2D eigenvalue weighted by Crippen LogP contribution is 2.25. The summed E-state index contributed by atoms with van der Waals surface area (Å²) in [5.41, 5.74) is 7.06. The first-order valence-electron chi connectivity index (χ1n) is 7.59. The van der Waals surface area contributed by atoms with Gasteiger partial charge in [0.05, 0.1) is 11.3 Å². The van der Waals surface area contributed by atoms with E-state index in [4.69, 9.17) is 5.73 Å². The van der Waals surface area contributed by atoms with Gasteiger partial charge in [0.25, 0.3) is 0 Å². The number of hydrogen-bond donors (Lipinski definition) is 2. The second-order valence-corrected chi connectivity index (χ2v) is 6.34. The van der Waals surface area contributed by atoms with Gasteiger partial charge in [0.1, 0.15) is 10.9 Å². The predicted octanol–water partition coefficient (Wildman–Crippen LogP) is 2.77. The van der Waals surface area contributed by atoms with Crippen molar-refractivity contribution in [1.29, 1.82) is 0 Å². The number of thioether (sulfide) groups is 1. The standard InChI is InChI=1S/C18H16N4O2S/c1-11-20-15-5-3-2-4-14(15)18(21-11)25-10-16(23)22-13-8-6-12(7-9-13)17(19)24/h2-9H,10H2,1H3,(H2,19,24)(H,22,23). The summed E-state index contributed by atoms with van der Waals surface area (Å²) in [5.74, 6) is 0.234. The van der Waals surface area contributed by atoms with E-state index in [1.807, 2.05) is 31.2 Å². The predicted molar refractivity (Wildman–Crippen MR) is 98.6 cm³/mol. The zero-order valence-electron chi connectivity index (χ0n) is 13.5. The van der Waals surface area contributed by atoms with E-state index in [9.17, 15) is 9.59 Å². The van der Waals surface area contributed by atoms with Crippen LogP contribution in [0.15, 0.2) is 53.6 Å². The molecule has 3 N–H and O–H groups in total. The summed E-state index contributed by atoms with van der Waals surface area (Å²) in [6.07, 6.45) is 0. The van der Waals surface area contributed by atoms with Gasteiger partial charge >= 0.3 is 0 Å². The smallest absolute Gasteiger partial charge is 0.248 e. The molecular formula is C18H16N4O2S. The summed E-state index contributed by atoms with van der Waals surface area (Å²) < 4.78 is 0. The first-order chi connectivity index (χ1) is 12.0. The Balaban J connectivity index is 1.67. The van der Waals surface area contributed by atoms with Crippen LogP contribution >= 0.6 is 11.8 Å². The lowest BCUT2D eigenvalue weighted by Gasteiger charge is -2.08. The molecule has 0 saturated heterocycles. The zero-order valence-corrected chi connectivity index (χ0v) is 14.3. The van der Waals surface area contributed by atoms with Crippen LogP contribution in [-0.4, -0.2) is 27.5 Å². The topological polar surface area (TPSA) is 98.0 Å². The molecule has 0 bridgehead atoms. The summed E-state index contributed by atoms with van der Waals surface area (Å²) in [7, 11) is 0. The number of carbonyl (C=O) groups excluding carboxylic acids is 2. The lowest BCUT2D eigenvalue weighted by Crippen LogP contribution is -2.15. The van der Waals surface area contributed by atoms with Crippen LogP contribution in [-0.2, 0) is 4.79 Å². The van der Waals surface area contributed by atoms with Crippen LogP contribution in [0.4, 0.5) is 5.69 Å². The number of primary amides is 1. The molecular weight excluding hydrogens is 336 g/mol. The number of fused-ring (bicyclic) bond motifs is 1. The van der Waals surface area contributed by atoms with Gasteiger partial charge in [-0.1, -0.05) is 30.0 Å². The number of nitrogens with two attached hydrogens (primary N) is 1. The molecule has 0 aliphatic carbocycles. The molecule has 6 nitrogen and oxygen atoms in total. The Morgan fingerprint density at radius 1 is 1.08 bits per heavy atom. The molecule has 0 unspecified atom stereocenters. The van der Waals surface area contributed by atoms with E-state index in [2.05, 4.69) is 15.3 Å². The minimum absolute atomic E-state index is 0.155.